The number of amides is 2. The van der Waals surface area contributed by atoms with Crippen LogP contribution in [0.5, 0.6) is 5.75 Å². The normalized spacial score (nSPS) is 14.6. The molecule has 5 nitrogen and oxygen atoms in total. The van der Waals surface area contributed by atoms with Crippen molar-refractivity contribution in [1.82, 2.24) is 9.80 Å². The van der Waals surface area contributed by atoms with Crippen molar-refractivity contribution in [2.24, 2.45) is 0 Å². The molecule has 7 heteroatoms. The third kappa shape index (κ3) is 5.17. The molecule has 0 bridgehead atoms. The van der Waals surface area contributed by atoms with E-state index in [2.05, 4.69) is 12.6 Å². The molecule has 0 aliphatic carbocycles. The van der Waals surface area contributed by atoms with E-state index in [0.717, 1.165) is 6.42 Å². The number of halogens is 1. The lowest BCUT2D eigenvalue weighted by atomic mass is 10.2. The quantitative estimate of drug-likeness (QED) is 0.795. The maximum Gasteiger partial charge on any atom is 0.260 e. The summed E-state index contributed by atoms with van der Waals surface area (Å²) in [6.45, 7) is 2.17. The molecule has 2 aromatic rings. The minimum atomic E-state index is -0.0890. The Labute approximate surface area is 169 Å². The average Bonchev–Trinajstić information content (AvgIpc) is 2.93. The van der Waals surface area contributed by atoms with Crippen LogP contribution < -0.4 is 4.74 Å². The van der Waals surface area contributed by atoms with Gasteiger partial charge in [0.25, 0.3) is 11.8 Å². The van der Waals surface area contributed by atoms with Crippen LogP contribution in [-0.4, -0.2) is 54.4 Å². The standard InChI is InChI=1S/C20H21ClN2O3S/c21-15-6-8-16(9-7-15)26-14-19(24)22-10-3-11-23(13-12-22)20(25)17-4-1-2-5-18(17)27/h1-2,4-9,27H,3,10-14H2. The van der Waals surface area contributed by atoms with Crippen LogP contribution in [0.25, 0.3) is 0 Å². The molecule has 2 amide bonds. The highest BCUT2D eigenvalue weighted by Crippen LogP contribution is 2.18. The molecular formula is C20H21ClN2O3S. The monoisotopic (exact) mass is 404 g/mol. The van der Waals surface area contributed by atoms with E-state index in [4.69, 9.17) is 16.3 Å². The highest BCUT2D eigenvalue weighted by molar-refractivity contribution is 7.80. The fourth-order valence-corrected chi connectivity index (χ4v) is 3.34. The molecule has 0 spiro atoms. The van der Waals surface area contributed by atoms with Gasteiger partial charge in [-0.1, -0.05) is 23.7 Å². The summed E-state index contributed by atoms with van der Waals surface area (Å²) in [7, 11) is 0. The predicted molar refractivity (Wildman–Crippen MR) is 108 cm³/mol. The van der Waals surface area contributed by atoms with Gasteiger partial charge >= 0.3 is 0 Å². The second-order valence-electron chi connectivity index (χ2n) is 6.29. The molecule has 0 N–H and O–H groups in total. The number of carbonyl (C=O) groups excluding carboxylic acids is 2. The third-order valence-electron chi connectivity index (χ3n) is 4.45. The van der Waals surface area contributed by atoms with Crippen molar-refractivity contribution in [1.29, 1.82) is 0 Å². The van der Waals surface area contributed by atoms with E-state index >= 15 is 0 Å². The SMILES string of the molecule is O=C(COc1ccc(Cl)cc1)N1CCCN(C(=O)c2ccccc2S)CC1. The number of hydrogen-bond donors (Lipinski definition) is 1. The lowest BCUT2D eigenvalue weighted by Gasteiger charge is -2.22. The van der Waals surface area contributed by atoms with Gasteiger partial charge in [0.05, 0.1) is 5.56 Å². The summed E-state index contributed by atoms with van der Waals surface area (Å²) in [5.41, 5.74) is 0.590. The number of ether oxygens (including phenoxy) is 1. The van der Waals surface area contributed by atoms with Gasteiger partial charge in [0.1, 0.15) is 5.75 Å². The Balaban J connectivity index is 1.54. The Morgan fingerprint density at radius 3 is 2.37 bits per heavy atom. The van der Waals surface area contributed by atoms with Crippen LogP contribution in [0.3, 0.4) is 0 Å². The Kier molecular flexibility index (Phi) is 6.63. The van der Waals surface area contributed by atoms with Crippen LogP contribution in [0.4, 0.5) is 0 Å². The summed E-state index contributed by atoms with van der Waals surface area (Å²) in [5, 5.41) is 0.619. The summed E-state index contributed by atoms with van der Waals surface area (Å²) in [6.07, 6.45) is 0.729. The number of benzene rings is 2. The van der Waals surface area contributed by atoms with Crippen LogP contribution >= 0.6 is 24.2 Å². The van der Waals surface area contributed by atoms with E-state index in [0.29, 0.717) is 47.4 Å². The molecule has 0 atom stereocenters. The number of hydrogen-bond acceptors (Lipinski definition) is 4. The first kappa shape index (κ1) is 19.6. The lowest BCUT2D eigenvalue weighted by Crippen LogP contribution is -2.39. The van der Waals surface area contributed by atoms with Crippen LogP contribution in [-0.2, 0) is 4.79 Å². The van der Waals surface area contributed by atoms with E-state index in [1.54, 1.807) is 46.2 Å². The minimum absolute atomic E-state index is 0.0327. The van der Waals surface area contributed by atoms with E-state index < -0.39 is 0 Å². The molecule has 3 rings (SSSR count). The van der Waals surface area contributed by atoms with Gasteiger partial charge < -0.3 is 14.5 Å². The largest absolute Gasteiger partial charge is 0.484 e. The lowest BCUT2D eigenvalue weighted by molar-refractivity contribution is -0.133. The predicted octanol–water partition coefficient (Wildman–Crippen LogP) is 3.38. The Morgan fingerprint density at radius 1 is 0.963 bits per heavy atom. The molecule has 0 radical (unpaired) electrons. The molecule has 1 heterocycles. The van der Waals surface area contributed by atoms with Gasteiger partial charge in [-0.3, -0.25) is 9.59 Å². The molecule has 1 fully saturated rings. The van der Waals surface area contributed by atoms with Crippen LogP contribution in [0.2, 0.25) is 5.02 Å². The van der Waals surface area contributed by atoms with Crippen molar-refractivity contribution in [3.8, 4) is 5.75 Å². The molecule has 1 aliphatic rings. The Bertz CT molecular complexity index is 813. The molecule has 0 aromatic heterocycles. The topological polar surface area (TPSA) is 49.9 Å². The first-order chi connectivity index (χ1) is 13.0. The molecule has 1 saturated heterocycles. The highest BCUT2D eigenvalue weighted by Gasteiger charge is 2.23. The summed E-state index contributed by atoms with van der Waals surface area (Å²) >= 11 is 10.2. The Hall–Kier alpha value is -2.18. The van der Waals surface area contributed by atoms with Crippen LogP contribution in [0.15, 0.2) is 53.4 Å². The van der Waals surface area contributed by atoms with Crippen molar-refractivity contribution in [3.05, 3.63) is 59.1 Å². The van der Waals surface area contributed by atoms with Crippen LogP contribution in [0.1, 0.15) is 16.8 Å². The smallest absolute Gasteiger partial charge is 0.260 e. The minimum Gasteiger partial charge on any atom is -0.484 e. The van der Waals surface area contributed by atoms with Crippen molar-refractivity contribution < 1.29 is 14.3 Å². The zero-order chi connectivity index (χ0) is 19.2. The van der Waals surface area contributed by atoms with Gasteiger partial charge in [0.2, 0.25) is 0 Å². The second kappa shape index (κ2) is 9.15. The van der Waals surface area contributed by atoms with Crippen LogP contribution in [0, 0.1) is 0 Å². The Morgan fingerprint density at radius 2 is 1.63 bits per heavy atom. The summed E-state index contributed by atoms with van der Waals surface area (Å²) in [6, 6.07) is 14.2. The number of nitrogens with zero attached hydrogens (tertiary/aromatic N) is 2. The second-order valence-corrected chi connectivity index (χ2v) is 7.20. The van der Waals surface area contributed by atoms with E-state index in [1.807, 2.05) is 12.1 Å². The molecule has 0 unspecified atom stereocenters. The first-order valence-corrected chi connectivity index (χ1v) is 9.60. The molecule has 0 saturated carbocycles. The first-order valence-electron chi connectivity index (χ1n) is 8.78. The van der Waals surface area contributed by atoms with E-state index in [-0.39, 0.29) is 18.4 Å². The molecule has 142 valence electrons. The van der Waals surface area contributed by atoms with Gasteiger partial charge in [0, 0.05) is 36.1 Å². The van der Waals surface area contributed by atoms with Gasteiger partial charge in [-0.05, 0) is 42.8 Å². The van der Waals surface area contributed by atoms with Crippen molar-refractivity contribution in [2.75, 3.05) is 32.8 Å². The van der Waals surface area contributed by atoms with Gasteiger partial charge in [-0.2, -0.15) is 0 Å². The van der Waals surface area contributed by atoms with E-state index in [9.17, 15) is 9.59 Å². The third-order valence-corrected chi connectivity index (χ3v) is 5.09. The van der Waals surface area contributed by atoms with Gasteiger partial charge in [0.15, 0.2) is 6.61 Å². The van der Waals surface area contributed by atoms with Gasteiger partial charge in [-0.15, -0.1) is 12.6 Å². The molecule has 2 aromatic carbocycles. The summed E-state index contributed by atoms with van der Waals surface area (Å²) in [4.78, 5) is 29.4. The fourth-order valence-electron chi connectivity index (χ4n) is 2.96. The zero-order valence-electron chi connectivity index (χ0n) is 14.8. The molecule has 1 aliphatic heterocycles. The number of carbonyl (C=O) groups is 2. The summed E-state index contributed by atoms with van der Waals surface area (Å²) < 4.78 is 5.54. The molecular weight excluding hydrogens is 384 g/mol. The van der Waals surface area contributed by atoms with Crippen molar-refractivity contribution >= 4 is 36.0 Å². The maximum absolute atomic E-state index is 12.7. The average molecular weight is 405 g/mol. The van der Waals surface area contributed by atoms with Crippen molar-refractivity contribution in [3.63, 3.8) is 0 Å². The zero-order valence-corrected chi connectivity index (χ0v) is 16.5. The number of thiol groups is 1. The van der Waals surface area contributed by atoms with Crippen molar-refractivity contribution in [2.45, 2.75) is 11.3 Å². The molecule has 27 heavy (non-hydrogen) atoms. The summed E-state index contributed by atoms with van der Waals surface area (Å²) in [5.74, 6) is 0.464. The number of rotatable bonds is 4. The van der Waals surface area contributed by atoms with E-state index in [1.165, 1.54) is 0 Å². The highest BCUT2D eigenvalue weighted by atomic mass is 35.5. The fraction of sp³-hybridized carbons (Fsp3) is 0.300. The maximum atomic E-state index is 12.7. The van der Waals surface area contributed by atoms with Gasteiger partial charge in [-0.25, -0.2) is 0 Å².